The third-order valence-corrected chi connectivity index (χ3v) is 8.84. The predicted molar refractivity (Wildman–Crippen MR) is 150 cm³/mol. The molecule has 2 N–H and O–H groups in total. The highest BCUT2D eigenvalue weighted by molar-refractivity contribution is 5.89. The Morgan fingerprint density at radius 3 is 1.92 bits per heavy atom. The van der Waals surface area contributed by atoms with Gasteiger partial charge in [0.05, 0.1) is 0 Å². The van der Waals surface area contributed by atoms with Crippen LogP contribution in [0.15, 0.2) is 91.3 Å². The third-order valence-electron chi connectivity index (χ3n) is 8.84. The van der Waals surface area contributed by atoms with Crippen LogP contribution in [-0.4, -0.2) is 47.6 Å². The van der Waals surface area contributed by atoms with Crippen LogP contribution in [0.2, 0.25) is 0 Å². The van der Waals surface area contributed by atoms with Crippen LogP contribution in [0, 0.1) is 5.92 Å². The van der Waals surface area contributed by atoms with E-state index < -0.39 is 0 Å². The molecule has 0 spiro atoms. The van der Waals surface area contributed by atoms with Crippen molar-refractivity contribution in [3.63, 3.8) is 0 Å². The number of nitrogens with one attached hydrogen (secondary N) is 2. The quantitative estimate of drug-likeness (QED) is 0.303. The van der Waals surface area contributed by atoms with Crippen molar-refractivity contribution in [3.8, 4) is 0 Å². The maximum absolute atomic E-state index is 3.58. The summed E-state index contributed by atoms with van der Waals surface area (Å²) in [4.78, 5) is 12.5. The molecule has 2 aromatic heterocycles. The van der Waals surface area contributed by atoms with Crippen LogP contribution in [0.4, 0.5) is 5.69 Å². The lowest BCUT2D eigenvalue weighted by Gasteiger charge is -2.43. The zero-order valence-corrected chi connectivity index (χ0v) is 20.8. The number of H-pyrrole nitrogens is 2. The van der Waals surface area contributed by atoms with E-state index >= 15 is 0 Å². The number of hydrogen-bond donors (Lipinski definition) is 2. The molecule has 0 unspecified atom stereocenters. The van der Waals surface area contributed by atoms with Crippen molar-refractivity contribution in [2.45, 2.75) is 24.7 Å². The number of piperidine rings is 1. The van der Waals surface area contributed by atoms with Crippen LogP contribution < -0.4 is 4.90 Å². The van der Waals surface area contributed by atoms with Gasteiger partial charge in [0.25, 0.3) is 0 Å². The summed E-state index contributed by atoms with van der Waals surface area (Å²) in [6.07, 6.45) is 8.16. The fourth-order valence-electron chi connectivity index (χ4n) is 6.96. The molecule has 0 bridgehead atoms. The van der Waals surface area contributed by atoms with Gasteiger partial charge in [-0.25, -0.2) is 0 Å². The van der Waals surface area contributed by atoms with Crippen molar-refractivity contribution >= 4 is 27.5 Å². The largest absolute Gasteiger partial charge is 0.371 e. The Balaban J connectivity index is 1.16. The molecule has 2 aliphatic heterocycles. The van der Waals surface area contributed by atoms with Gasteiger partial charge in [-0.05, 0) is 73.7 Å². The second-order valence-corrected chi connectivity index (χ2v) is 10.8. The van der Waals surface area contributed by atoms with Gasteiger partial charge in [0, 0.05) is 64.9 Å². The van der Waals surface area contributed by atoms with Crippen LogP contribution in [-0.2, 0) is 5.41 Å². The zero-order chi connectivity index (χ0) is 24.0. The van der Waals surface area contributed by atoms with Crippen LogP contribution >= 0.6 is 0 Å². The standard InChI is InChI=1S/C32H34N4/c1-2-8-25(9-3-1)36-17-14-24(23-36)22-35-18-15-32(16-19-35,28-20-33-30-12-6-4-10-26(28)30)29-21-34-31-13-7-5-11-27(29)31/h1-13,20-21,24,33-34H,14-19,22-23H2/t24-/m0/s1. The van der Waals surface area contributed by atoms with Gasteiger partial charge in [-0.3, -0.25) is 0 Å². The Morgan fingerprint density at radius 1 is 0.694 bits per heavy atom. The maximum atomic E-state index is 3.58. The van der Waals surface area contributed by atoms with Gasteiger partial charge in [0.1, 0.15) is 0 Å². The van der Waals surface area contributed by atoms with E-state index in [0.29, 0.717) is 0 Å². The molecule has 7 rings (SSSR count). The average molecular weight is 475 g/mol. The van der Waals surface area contributed by atoms with E-state index in [9.17, 15) is 0 Å². The second kappa shape index (κ2) is 8.86. The lowest BCUT2D eigenvalue weighted by atomic mass is 9.67. The Morgan fingerprint density at radius 2 is 1.28 bits per heavy atom. The summed E-state index contributed by atoms with van der Waals surface area (Å²) in [6.45, 7) is 5.84. The molecule has 5 aromatic rings. The molecular formula is C32H34N4. The molecule has 0 saturated carbocycles. The Labute approximate surface area is 212 Å². The van der Waals surface area contributed by atoms with E-state index in [2.05, 4.69) is 111 Å². The number of para-hydroxylation sites is 3. The molecule has 0 amide bonds. The van der Waals surface area contributed by atoms with E-state index in [-0.39, 0.29) is 5.41 Å². The molecule has 3 aromatic carbocycles. The number of likely N-dealkylation sites (tertiary alicyclic amines) is 1. The first-order chi connectivity index (χ1) is 17.8. The topological polar surface area (TPSA) is 38.1 Å². The highest BCUT2D eigenvalue weighted by Gasteiger charge is 2.41. The summed E-state index contributed by atoms with van der Waals surface area (Å²) >= 11 is 0. The van der Waals surface area contributed by atoms with Gasteiger partial charge < -0.3 is 19.8 Å². The van der Waals surface area contributed by atoms with E-state index in [0.717, 1.165) is 31.8 Å². The van der Waals surface area contributed by atoms with Gasteiger partial charge in [0.2, 0.25) is 0 Å². The number of rotatable bonds is 5. The third kappa shape index (κ3) is 3.63. The monoisotopic (exact) mass is 474 g/mol. The zero-order valence-electron chi connectivity index (χ0n) is 20.8. The number of aromatic amines is 2. The van der Waals surface area contributed by atoms with Crippen molar-refractivity contribution in [2.24, 2.45) is 5.92 Å². The molecule has 182 valence electrons. The van der Waals surface area contributed by atoms with Crippen molar-refractivity contribution < 1.29 is 0 Å². The molecule has 0 radical (unpaired) electrons. The lowest BCUT2D eigenvalue weighted by molar-refractivity contribution is 0.161. The molecule has 0 aliphatic carbocycles. The van der Waals surface area contributed by atoms with Gasteiger partial charge in [-0.15, -0.1) is 0 Å². The van der Waals surface area contributed by atoms with Gasteiger partial charge >= 0.3 is 0 Å². The number of anilines is 1. The molecule has 2 saturated heterocycles. The average Bonchev–Trinajstić information content (AvgIpc) is 3.69. The van der Waals surface area contributed by atoms with Crippen molar-refractivity contribution in [1.29, 1.82) is 0 Å². The first-order valence-electron chi connectivity index (χ1n) is 13.5. The Kier molecular flexibility index (Phi) is 5.36. The normalized spacial score (nSPS) is 20.4. The van der Waals surface area contributed by atoms with Gasteiger partial charge in [-0.2, -0.15) is 0 Å². The SMILES string of the molecule is c1ccc(N2CC[C@@H](CN3CCC(c4c[nH]c5ccccc45)(c4c[nH]c5ccccc45)CC3)C2)cc1. The minimum atomic E-state index is 0.0153. The molecule has 2 fully saturated rings. The first kappa shape index (κ1) is 21.8. The van der Waals surface area contributed by atoms with Gasteiger partial charge in [0.15, 0.2) is 0 Å². The number of nitrogens with zero attached hydrogens (tertiary/aromatic N) is 2. The van der Waals surface area contributed by atoms with E-state index in [1.165, 1.54) is 64.7 Å². The van der Waals surface area contributed by atoms with E-state index in [1.807, 2.05) is 0 Å². The van der Waals surface area contributed by atoms with Crippen molar-refractivity contribution in [1.82, 2.24) is 14.9 Å². The predicted octanol–water partition coefficient (Wildman–Crippen LogP) is 6.56. The Bertz CT molecular complexity index is 1400. The van der Waals surface area contributed by atoms with E-state index in [4.69, 9.17) is 0 Å². The minimum absolute atomic E-state index is 0.0153. The fraction of sp³-hybridized carbons (Fsp3) is 0.312. The first-order valence-corrected chi connectivity index (χ1v) is 13.5. The summed E-state index contributed by atoms with van der Waals surface area (Å²) in [7, 11) is 0. The summed E-state index contributed by atoms with van der Waals surface area (Å²) in [5.74, 6) is 0.749. The summed E-state index contributed by atoms with van der Waals surface area (Å²) in [5, 5.41) is 2.73. The van der Waals surface area contributed by atoms with E-state index in [1.54, 1.807) is 0 Å². The van der Waals surface area contributed by atoms with Crippen LogP contribution in [0.5, 0.6) is 0 Å². The van der Waals surface area contributed by atoms with Crippen LogP contribution in [0.3, 0.4) is 0 Å². The smallest absolute Gasteiger partial charge is 0.0457 e. The van der Waals surface area contributed by atoms with Gasteiger partial charge in [-0.1, -0.05) is 54.6 Å². The summed E-state index contributed by atoms with van der Waals surface area (Å²) in [6, 6.07) is 28.5. The van der Waals surface area contributed by atoms with Crippen molar-refractivity contribution in [3.05, 3.63) is 102 Å². The lowest BCUT2D eigenvalue weighted by Crippen LogP contribution is -2.45. The maximum Gasteiger partial charge on any atom is 0.0457 e. The number of benzene rings is 3. The molecule has 4 heterocycles. The van der Waals surface area contributed by atoms with Crippen LogP contribution in [0.1, 0.15) is 30.4 Å². The minimum Gasteiger partial charge on any atom is -0.371 e. The molecule has 2 aliphatic rings. The highest BCUT2D eigenvalue weighted by atomic mass is 15.2. The number of fused-ring (bicyclic) bond motifs is 2. The molecule has 4 heteroatoms. The Hall–Kier alpha value is -3.50. The number of hydrogen-bond acceptors (Lipinski definition) is 2. The highest BCUT2D eigenvalue weighted by Crippen LogP contribution is 2.47. The van der Waals surface area contributed by atoms with Crippen molar-refractivity contribution in [2.75, 3.05) is 37.6 Å². The number of aromatic nitrogens is 2. The molecule has 4 nitrogen and oxygen atoms in total. The fourth-order valence-corrected chi connectivity index (χ4v) is 6.96. The molecule has 36 heavy (non-hydrogen) atoms. The molecular weight excluding hydrogens is 440 g/mol. The second-order valence-electron chi connectivity index (χ2n) is 10.8. The van der Waals surface area contributed by atoms with Crippen LogP contribution in [0.25, 0.3) is 21.8 Å². The summed E-state index contributed by atoms with van der Waals surface area (Å²) < 4.78 is 0. The summed E-state index contributed by atoms with van der Waals surface area (Å²) in [5.41, 5.74) is 6.78. The molecule has 1 atom stereocenters.